The van der Waals surface area contributed by atoms with E-state index in [2.05, 4.69) is 0 Å². The third kappa shape index (κ3) is 1.71. The van der Waals surface area contributed by atoms with Gasteiger partial charge in [-0.2, -0.15) is 0 Å². The predicted octanol–water partition coefficient (Wildman–Crippen LogP) is 1.41. The van der Waals surface area contributed by atoms with Crippen molar-refractivity contribution in [2.45, 2.75) is 32.6 Å². The number of methoxy groups -OCH3 is 2. The molecule has 0 saturated heterocycles. The maximum absolute atomic E-state index is 12.8. The molecular weight excluding hydrogens is 248 g/mol. The predicted molar refractivity (Wildman–Crippen MR) is 66.1 cm³/mol. The van der Waals surface area contributed by atoms with E-state index in [1.54, 1.807) is 0 Å². The molecule has 0 aromatic carbocycles. The number of esters is 2. The second-order valence-corrected chi connectivity index (χ2v) is 5.41. The van der Waals surface area contributed by atoms with Gasteiger partial charge in [-0.3, -0.25) is 14.4 Å². The number of carbonyl (C=O) groups excluding carboxylic acids is 3. The molecule has 5 heteroatoms. The van der Waals surface area contributed by atoms with Gasteiger partial charge < -0.3 is 9.47 Å². The largest absolute Gasteiger partial charge is 0.468 e. The molecule has 0 N–H and O–H groups in total. The minimum atomic E-state index is -1.21. The van der Waals surface area contributed by atoms with Crippen LogP contribution in [0.2, 0.25) is 0 Å². The van der Waals surface area contributed by atoms with Crippen molar-refractivity contribution < 1.29 is 23.9 Å². The zero-order valence-corrected chi connectivity index (χ0v) is 11.4. The van der Waals surface area contributed by atoms with Crippen LogP contribution < -0.4 is 0 Å². The molecule has 5 nitrogen and oxygen atoms in total. The van der Waals surface area contributed by atoms with Crippen LogP contribution >= 0.6 is 0 Å². The Hall–Kier alpha value is -1.65. The van der Waals surface area contributed by atoms with Crippen LogP contribution in [0.25, 0.3) is 0 Å². The van der Waals surface area contributed by atoms with Gasteiger partial charge in [-0.15, -0.1) is 0 Å². The Balaban J connectivity index is 2.54. The fourth-order valence-corrected chi connectivity index (χ4v) is 3.31. The molecule has 2 unspecified atom stereocenters. The first-order valence-corrected chi connectivity index (χ1v) is 6.30. The normalized spacial score (nSPS) is 33.4. The lowest BCUT2D eigenvalue weighted by Gasteiger charge is -2.26. The molecule has 0 radical (unpaired) electrons. The smallest absolute Gasteiger partial charge is 0.319 e. The molecule has 0 aliphatic heterocycles. The minimum Gasteiger partial charge on any atom is -0.468 e. The standard InChI is InChI=1S/C14H18O5/c1-9-4-5-13(11(16)18-2)6-7-14(8-9,10(13)15)12(17)19-3/h4H,5-8H2,1-3H3. The molecule has 0 aromatic rings. The third-order valence-electron chi connectivity index (χ3n) is 4.38. The summed E-state index contributed by atoms with van der Waals surface area (Å²) in [4.78, 5) is 36.9. The highest BCUT2D eigenvalue weighted by molar-refractivity contribution is 6.17. The first kappa shape index (κ1) is 13.8. The molecule has 1 saturated carbocycles. The summed E-state index contributed by atoms with van der Waals surface area (Å²) >= 11 is 0. The van der Waals surface area contributed by atoms with Gasteiger partial charge in [0.05, 0.1) is 14.2 Å². The van der Waals surface area contributed by atoms with Gasteiger partial charge in [-0.05, 0) is 32.6 Å². The molecule has 1 fully saturated rings. The molecule has 2 aliphatic carbocycles. The van der Waals surface area contributed by atoms with E-state index in [1.165, 1.54) is 14.2 Å². The Labute approximate surface area is 111 Å². The number of hydrogen-bond donors (Lipinski definition) is 0. The average molecular weight is 266 g/mol. The van der Waals surface area contributed by atoms with Crippen molar-refractivity contribution in [2.24, 2.45) is 10.8 Å². The van der Waals surface area contributed by atoms with E-state index in [0.29, 0.717) is 25.7 Å². The van der Waals surface area contributed by atoms with Gasteiger partial charge in [-0.25, -0.2) is 0 Å². The lowest BCUT2D eigenvalue weighted by Crippen LogP contribution is -2.44. The van der Waals surface area contributed by atoms with Crippen LogP contribution in [0.3, 0.4) is 0 Å². The van der Waals surface area contributed by atoms with Crippen molar-refractivity contribution in [1.29, 1.82) is 0 Å². The van der Waals surface area contributed by atoms with Crippen molar-refractivity contribution in [3.63, 3.8) is 0 Å². The van der Waals surface area contributed by atoms with E-state index in [4.69, 9.17) is 9.47 Å². The molecule has 2 rings (SSSR count). The van der Waals surface area contributed by atoms with Gasteiger partial charge in [0.25, 0.3) is 0 Å². The van der Waals surface area contributed by atoms with Crippen LogP contribution in [-0.4, -0.2) is 31.9 Å². The second-order valence-electron chi connectivity index (χ2n) is 5.41. The highest BCUT2D eigenvalue weighted by atomic mass is 16.5. The van der Waals surface area contributed by atoms with Crippen LogP contribution in [0.5, 0.6) is 0 Å². The van der Waals surface area contributed by atoms with Crippen LogP contribution in [-0.2, 0) is 23.9 Å². The third-order valence-corrected chi connectivity index (χ3v) is 4.38. The van der Waals surface area contributed by atoms with Gasteiger partial charge >= 0.3 is 11.9 Å². The topological polar surface area (TPSA) is 69.7 Å². The summed E-state index contributed by atoms with van der Waals surface area (Å²) < 4.78 is 9.59. The fourth-order valence-electron chi connectivity index (χ4n) is 3.31. The molecule has 0 heterocycles. The van der Waals surface area contributed by atoms with Gasteiger partial charge in [0.15, 0.2) is 5.78 Å². The minimum absolute atomic E-state index is 0.309. The van der Waals surface area contributed by atoms with Crippen molar-refractivity contribution in [2.75, 3.05) is 14.2 Å². The molecule has 104 valence electrons. The van der Waals surface area contributed by atoms with E-state index in [9.17, 15) is 14.4 Å². The lowest BCUT2D eigenvalue weighted by molar-refractivity contribution is -0.162. The van der Waals surface area contributed by atoms with Crippen LogP contribution in [0, 0.1) is 10.8 Å². The number of carbonyl (C=O) groups is 3. The monoisotopic (exact) mass is 266 g/mol. The Morgan fingerprint density at radius 3 is 2.21 bits per heavy atom. The zero-order valence-electron chi connectivity index (χ0n) is 11.4. The summed E-state index contributed by atoms with van der Waals surface area (Å²) in [6.45, 7) is 1.86. The number of ether oxygens (including phenoxy) is 2. The fraction of sp³-hybridized carbons (Fsp3) is 0.643. The van der Waals surface area contributed by atoms with Crippen molar-refractivity contribution >= 4 is 17.7 Å². The van der Waals surface area contributed by atoms with Crippen molar-refractivity contribution in [3.8, 4) is 0 Å². The zero-order chi connectivity index (χ0) is 14.3. The molecule has 2 aliphatic rings. The molecule has 2 atom stereocenters. The summed E-state index contributed by atoms with van der Waals surface area (Å²) in [7, 11) is 2.54. The molecule has 19 heavy (non-hydrogen) atoms. The van der Waals surface area contributed by atoms with Gasteiger partial charge in [0, 0.05) is 0 Å². The van der Waals surface area contributed by atoms with Crippen LogP contribution in [0.15, 0.2) is 11.6 Å². The molecular formula is C14H18O5. The average Bonchev–Trinajstić information content (AvgIpc) is 2.63. The maximum Gasteiger partial charge on any atom is 0.319 e. The Bertz CT molecular complexity index is 478. The van der Waals surface area contributed by atoms with E-state index >= 15 is 0 Å². The molecule has 0 aromatic heterocycles. The summed E-state index contributed by atoms with van der Waals surface area (Å²) in [5, 5.41) is 0. The summed E-state index contributed by atoms with van der Waals surface area (Å²) in [6.07, 6.45) is 3.19. The first-order chi connectivity index (χ1) is 8.93. The SMILES string of the molecule is COC(=O)C12CC=C(C)CC(C(=O)OC)(CC1)C2=O. The number of rotatable bonds is 2. The quantitative estimate of drug-likeness (QED) is 0.429. The Kier molecular flexibility index (Phi) is 3.24. The van der Waals surface area contributed by atoms with Crippen molar-refractivity contribution in [3.05, 3.63) is 11.6 Å². The van der Waals surface area contributed by atoms with Crippen LogP contribution in [0.1, 0.15) is 32.6 Å². The maximum atomic E-state index is 12.8. The van der Waals surface area contributed by atoms with Crippen LogP contribution in [0.4, 0.5) is 0 Å². The Morgan fingerprint density at radius 2 is 1.63 bits per heavy atom. The van der Waals surface area contributed by atoms with Gasteiger partial charge in [0.2, 0.25) is 0 Å². The Morgan fingerprint density at radius 1 is 1.11 bits per heavy atom. The second kappa shape index (κ2) is 4.47. The van der Waals surface area contributed by atoms with Gasteiger partial charge in [0.1, 0.15) is 10.8 Å². The summed E-state index contributed by atoms with van der Waals surface area (Å²) in [5.74, 6) is -1.43. The first-order valence-electron chi connectivity index (χ1n) is 6.30. The summed E-state index contributed by atoms with van der Waals surface area (Å²) in [6, 6.07) is 0. The molecule has 0 amide bonds. The molecule has 0 spiro atoms. The molecule has 2 bridgehead atoms. The van der Waals surface area contributed by atoms with E-state index < -0.39 is 22.8 Å². The highest BCUT2D eigenvalue weighted by Gasteiger charge is 2.65. The lowest BCUT2D eigenvalue weighted by atomic mass is 9.76. The van der Waals surface area contributed by atoms with E-state index in [-0.39, 0.29) is 5.78 Å². The van der Waals surface area contributed by atoms with Gasteiger partial charge in [-0.1, -0.05) is 11.6 Å². The number of fused-ring (bicyclic) bond motifs is 2. The van der Waals surface area contributed by atoms with Crippen molar-refractivity contribution in [1.82, 2.24) is 0 Å². The highest BCUT2D eigenvalue weighted by Crippen LogP contribution is 2.54. The number of ketones is 1. The van der Waals surface area contributed by atoms with E-state index in [1.807, 2.05) is 13.0 Å². The summed E-state index contributed by atoms with van der Waals surface area (Å²) in [5.41, 5.74) is -1.48. The number of allylic oxidation sites excluding steroid dienone is 2. The number of hydrogen-bond acceptors (Lipinski definition) is 5. The van der Waals surface area contributed by atoms with E-state index in [0.717, 1.165) is 5.57 Å². The number of Topliss-reactive ketones (excluding diaryl/α,β-unsaturated/α-hetero) is 1.